The third kappa shape index (κ3) is 3.94. The maximum Gasteiger partial charge on any atom is 0.240 e. The Morgan fingerprint density at radius 1 is 1.23 bits per heavy atom. The lowest BCUT2D eigenvalue weighted by atomic mass is 10.1. The van der Waals surface area contributed by atoms with Crippen molar-refractivity contribution >= 4 is 21.8 Å². The van der Waals surface area contributed by atoms with Crippen LogP contribution in [0.2, 0.25) is 0 Å². The zero-order valence-corrected chi connectivity index (χ0v) is 18.3. The van der Waals surface area contributed by atoms with E-state index in [1.165, 1.54) is 0 Å². The average molecular weight is 478 g/mol. The lowest BCUT2D eigenvalue weighted by Crippen LogP contribution is -2.38. The first-order valence-corrected chi connectivity index (χ1v) is 10.9. The smallest absolute Gasteiger partial charge is 0.240 e. The van der Waals surface area contributed by atoms with Crippen LogP contribution < -0.4 is 10.1 Å². The highest BCUT2D eigenvalue weighted by Gasteiger charge is 2.31. The molecule has 1 unspecified atom stereocenters. The van der Waals surface area contributed by atoms with Gasteiger partial charge in [0.15, 0.2) is 0 Å². The van der Waals surface area contributed by atoms with Crippen molar-refractivity contribution in [3.05, 3.63) is 75.8 Å². The highest BCUT2D eigenvalue weighted by molar-refractivity contribution is 9.10. The number of ether oxygens (including phenoxy) is 1. The van der Waals surface area contributed by atoms with Crippen molar-refractivity contribution in [3.8, 4) is 17.6 Å². The number of fused-ring (bicyclic) bond motifs is 7. The topological polar surface area (TPSA) is 83.2 Å². The van der Waals surface area contributed by atoms with Crippen LogP contribution in [0.4, 0.5) is 0 Å². The van der Waals surface area contributed by atoms with E-state index >= 15 is 0 Å². The Labute approximate surface area is 188 Å². The molecular weight excluding hydrogens is 458 g/mol. The van der Waals surface area contributed by atoms with E-state index in [1.54, 1.807) is 12.4 Å². The van der Waals surface area contributed by atoms with Gasteiger partial charge in [-0.1, -0.05) is 22.0 Å². The number of imidazole rings is 1. The van der Waals surface area contributed by atoms with Crippen molar-refractivity contribution < 1.29 is 9.53 Å². The number of hydrogen-bond acceptors (Lipinski definition) is 5. The van der Waals surface area contributed by atoms with Crippen LogP contribution in [0.25, 0.3) is 0 Å². The molecule has 0 radical (unpaired) electrons. The van der Waals surface area contributed by atoms with Gasteiger partial charge in [0.05, 0.1) is 23.6 Å². The minimum atomic E-state index is -0.198. The molecule has 2 aromatic carbocycles. The molecule has 0 aliphatic carbocycles. The van der Waals surface area contributed by atoms with Gasteiger partial charge in [-0.15, -0.1) is 0 Å². The van der Waals surface area contributed by atoms with Crippen LogP contribution >= 0.6 is 15.9 Å². The quantitative estimate of drug-likeness (QED) is 0.535. The SMILES string of the molecule is N#Cc1ccc2cc1Oc1ccc(Br)c(c1)CN1CCC(NCc3cncn3C2)C1=O. The van der Waals surface area contributed by atoms with Crippen LogP contribution in [0.15, 0.2) is 53.4 Å². The van der Waals surface area contributed by atoms with Gasteiger partial charge in [-0.25, -0.2) is 4.98 Å². The molecule has 7 nitrogen and oxygen atoms in total. The number of halogens is 1. The fraction of sp³-hybridized carbons (Fsp3) is 0.261. The van der Waals surface area contributed by atoms with Gasteiger partial charge in [-0.2, -0.15) is 5.26 Å². The maximum atomic E-state index is 12.9. The molecule has 1 fully saturated rings. The number of nitriles is 1. The number of nitrogens with zero attached hydrogens (tertiary/aromatic N) is 4. The molecule has 156 valence electrons. The van der Waals surface area contributed by atoms with Crippen LogP contribution in [-0.2, 0) is 24.4 Å². The second kappa shape index (κ2) is 8.17. The van der Waals surface area contributed by atoms with Crippen molar-refractivity contribution in [1.29, 1.82) is 5.26 Å². The van der Waals surface area contributed by atoms with Crippen LogP contribution in [0.3, 0.4) is 0 Å². The molecule has 1 amide bonds. The highest BCUT2D eigenvalue weighted by atomic mass is 79.9. The Bertz CT molecular complexity index is 1200. The summed E-state index contributed by atoms with van der Waals surface area (Å²) in [4.78, 5) is 19.1. The van der Waals surface area contributed by atoms with Crippen LogP contribution in [0, 0.1) is 11.3 Å². The molecule has 8 heteroatoms. The van der Waals surface area contributed by atoms with E-state index in [0.29, 0.717) is 43.2 Å². The molecule has 3 heterocycles. The van der Waals surface area contributed by atoms with Crippen molar-refractivity contribution in [1.82, 2.24) is 19.8 Å². The molecule has 1 aromatic heterocycles. The molecule has 1 atom stereocenters. The van der Waals surface area contributed by atoms with E-state index in [2.05, 4.69) is 32.3 Å². The predicted octanol–water partition coefficient (Wildman–Crippen LogP) is 3.56. The van der Waals surface area contributed by atoms with Crippen LogP contribution in [-0.4, -0.2) is 32.9 Å². The fourth-order valence-corrected chi connectivity index (χ4v) is 4.43. The Balaban J connectivity index is 1.57. The number of aromatic nitrogens is 2. The minimum absolute atomic E-state index is 0.105. The van der Waals surface area contributed by atoms with E-state index in [0.717, 1.165) is 27.7 Å². The molecule has 0 saturated carbocycles. The Hall–Kier alpha value is -3.15. The highest BCUT2D eigenvalue weighted by Crippen LogP contribution is 2.31. The van der Waals surface area contributed by atoms with E-state index < -0.39 is 0 Å². The number of benzene rings is 2. The van der Waals surface area contributed by atoms with Gasteiger partial charge in [0, 0.05) is 36.8 Å². The van der Waals surface area contributed by atoms with Crippen LogP contribution in [0.1, 0.15) is 28.8 Å². The molecule has 31 heavy (non-hydrogen) atoms. The number of carbonyl (C=O) groups is 1. The number of carbonyl (C=O) groups excluding carboxylic acids is 1. The van der Waals surface area contributed by atoms with E-state index in [9.17, 15) is 10.1 Å². The zero-order chi connectivity index (χ0) is 21.4. The fourth-order valence-electron chi connectivity index (χ4n) is 4.06. The first-order valence-electron chi connectivity index (χ1n) is 10.1. The van der Waals surface area contributed by atoms with Crippen molar-refractivity contribution in [2.24, 2.45) is 0 Å². The Kier molecular flexibility index (Phi) is 5.22. The summed E-state index contributed by atoms with van der Waals surface area (Å²) in [6.07, 6.45) is 4.37. The standard InChI is InChI=1S/C23H20BrN5O2/c24-20-4-3-19-8-17(20)13-28-6-5-21(23(28)30)27-11-18-10-26-14-29(18)12-15-1-2-16(9-25)22(7-15)31-19/h1-4,7-8,10,14,21,27H,5-6,11-13H2. The zero-order valence-electron chi connectivity index (χ0n) is 16.7. The average Bonchev–Trinajstić information content (AvgIpc) is 3.35. The molecule has 1 saturated heterocycles. The number of rotatable bonds is 0. The molecule has 2 aliphatic heterocycles. The molecule has 6 bridgehead atoms. The van der Waals surface area contributed by atoms with Gasteiger partial charge in [-0.3, -0.25) is 4.79 Å². The number of amides is 1. The summed E-state index contributed by atoms with van der Waals surface area (Å²) >= 11 is 3.59. The van der Waals surface area contributed by atoms with E-state index in [-0.39, 0.29) is 11.9 Å². The third-order valence-corrected chi connectivity index (χ3v) is 6.52. The molecule has 3 aromatic rings. The molecule has 0 spiro atoms. The summed E-state index contributed by atoms with van der Waals surface area (Å²) in [5.41, 5.74) is 3.43. The third-order valence-electron chi connectivity index (χ3n) is 5.75. The minimum Gasteiger partial charge on any atom is -0.456 e. The lowest BCUT2D eigenvalue weighted by Gasteiger charge is -2.20. The second-order valence-electron chi connectivity index (χ2n) is 7.79. The summed E-state index contributed by atoms with van der Waals surface area (Å²) in [6.45, 7) is 2.35. The maximum absolute atomic E-state index is 12.9. The predicted molar refractivity (Wildman–Crippen MR) is 117 cm³/mol. The van der Waals surface area contributed by atoms with Gasteiger partial charge in [0.1, 0.15) is 17.6 Å². The van der Waals surface area contributed by atoms with Gasteiger partial charge in [0.25, 0.3) is 0 Å². The largest absolute Gasteiger partial charge is 0.456 e. The lowest BCUT2D eigenvalue weighted by molar-refractivity contribution is -0.130. The van der Waals surface area contributed by atoms with Crippen molar-refractivity contribution in [2.45, 2.75) is 32.1 Å². The number of hydrogen-bond donors (Lipinski definition) is 1. The summed E-state index contributed by atoms with van der Waals surface area (Å²) in [7, 11) is 0. The van der Waals surface area contributed by atoms with Gasteiger partial charge >= 0.3 is 0 Å². The molecule has 1 N–H and O–H groups in total. The van der Waals surface area contributed by atoms with Gasteiger partial charge in [-0.05, 0) is 47.9 Å². The summed E-state index contributed by atoms with van der Waals surface area (Å²) in [5, 5.41) is 12.9. The molecule has 2 aliphatic rings. The normalized spacial score (nSPS) is 18.3. The Morgan fingerprint density at radius 2 is 2.13 bits per heavy atom. The van der Waals surface area contributed by atoms with Crippen LogP contribution in [0.5, 0.6) is 11.5 Å². The Morgan fingerprint density at radius 3 is 3.00 bits per heavy atom. The first-order chi connectivity index (χ1) is 15.1. The first kappa shape index (κ1) is 19.8. The van der Waals surface area contributed by atoms with E-state index in [4.69, 9.17) is 4.74 Å². The molecular formula is C23H20BrN5O2. The van der Waals surface area contributed by atoms with Crippen molar-refractivity contribution in [3.63, 3.8) is 0 Å². The monoisotopic (exact) mass is 477 g/mol. The summed E-state index contributed by atoms with van der Waals surface area (Å²) in [6, 6.07) is 13.3. The number of nitrogens with one attached hydrogen (secondary N) is 1. The van der Waals surface area contributed by atoms with Gasteiger partial charge < -0.3 is 19.5 Å². The van der Waals surface area contributed by atoms with E-state index in [1.807, 2.05) is 46.0 Å². The second-order valence-corrected chi connectivity index (χ2v) is 8.65. The van der Waals surface area contributed by atoms with Crippen molar-refractivity contribution in [2.75, 3.05) is 6.54 Å². The summed E-state index contributed by atoms with van der Waals surface area (Å²) < 4.78 is 9.09. The summed E-state index contributed by atoms with van der Waals surface area (Å²) in [5.74, 6) is 1.24. The molecule has 5 rings (SSSR count). The van der Waals surface area contributed by atoms with Gasteiger partial charge in [0.2, 0.25) is 5.91 Å².